The number of H-pyrrole nitrogens is 1. The Morgan fingerprint density at radius 2 is 2.07 bits per heavy atom. The van der Waals surface area contributed by atoms with Gasteiger partial charge in [-0.05, 0) is 47.8 Å². The number of aromatic nitrogens is 5. The molecule has 0 spiro atoms. The predicted molar refractivity (Wildman–Crippen MR) is 157 cm³/mol. The van der Waals surface area contributed by atoms with Gasteiger partial charge in [-0.3, -0.25) is 9.88 Å². The van der Waals surface area contributed by atoms with Crippen LogP contribution in [0.3, 0.4) is 0 Å². The van der Waals surface area contributed by atoms with Crippen LogP contribution in [-0.2, 0) is 4.74 Å². The first-order valence-corrected chi connectivity index (χ1v) is 14.5. The molecule has 1 aliphatic carbocycles. The minimum Gasteiger partial charge on any atom is -0.377 e. The average Bonchev–Trinajstić information content (AvgIpc) is 3.66. The molecule has 0 radical (unpaired) electrons. The van der Waals surface area contributed by atoms with Crippen molar-refractivity contribution in [3.63, 3.8) is 0 Å². The minimum atomic E-state index is 0.159. The lowest BCUT2D eigenvalue weighted by molar-refractivity contribution is -0.0198. The van der Waals surface area contributed by atoms with E-state index in [0.29, 0.717) is 30.9 Å². The largest absolute Gasteiger partial charge is 0.377 e. The summed E-state index contributed by atoms with van der Waals surface area (Å²) in [7, 11) is 0. The summed E-state index contributed by atoms with van der Waals surface area (Å²) in [4.78, 5) is 18.2. The predicted octanol–water partition coefficient (Wildman–Crippen LogP) is 2.73. The van der Waals surface area contributed by atoms with Crippen LogP contribution in [0.5, 0.6) is 0 Å². The molecule has 3 atom stereocenters. The van der Waals surface area contributed by atoms with Crippen LogP contribution in [0.2, 0.25) is 0 Å². The molecule has 3 unspecified atom stereocenters. The van der Waals surface area contributed by atoms with Crippen molar-refractivity contribution in [2.24, 2.45) is 5.41 Å². The number of rotatable bonds is 5. The zero-order chi connectivity index (χ0) is 27.6. The standard InChI is InChI=1S/C32H32N8O/c1-32(6-2-28-22(12-32)3-7-34-28)20-39-25-11-26(39)19-38(18-25)30-16-35-29(15-36-30)27-10-23(21-4-8-41-9-5-21)17-40-31(27)24(13-33)14-37-40/h2-4,7,10,12,14-17,25-26,34H,5-6,8-9,11,18-20H2,1H3. The smallest absolute Gasteiger partial charge is 0.147 e. The topological polar surface area (TPSA) is 98.4 Å². The molecule has 4 aliphatic heterocycles. The van der Waals surface area contributed by atoms with E-state index >= 15 is 0 Å². The summed E-state index contributed by atoms with van der Waals surface area (Å²) in [6.45, 7) is 6.73. The maximum Gasteiger partial charge on any atom is 0.147 e. The van der Waals surface area contributed by atoms with E-state index in [1.807, 2.05) is 24.8 Å². The highest BCUT2D eigenvalue weighted by molar-refractivity contribution is 5.85. The summed E-state index contributed by atoms with van der Waals surface area (Å²) >= 11 is 0. The van der Waals surface area contributed by atoms with Crippen LogP contribution >= 0.6 is 0 Å². The number of hydrogen-bond donors (Lipinski definition) is 1. The van der Waals surface area contributed by atoms with Crippen molar-refractivity contribution >= 4 is 29.1 Å². The Morgan fingerprint density at radius 1 is 1.17 bits per heavy atom. The molecule has 2 bridgehead atoms. The third-order valence-corrected chi connectivity index (χ3v) is 9.28. The summed E-state index contributed by atoms with van der Waals surface area (Å²) < 4.78 is 7.30. The van der Waals surface area contributed by atoms with Gasteiger partial charge in [-0.1, -0.05) is 25.2 Å². The van der Waals surface area contributed by atoms with Gasteiger partial charge in [0, 0.05) is 60.4 Å². The molecule has 9 heteroatoms. The Labute approximate surface area is 238 Å². The molecule has 41 heavy (non-hydrogen) atoms. The zero-order valence-corrected chi connectivity index (χ0v) is 23.1. The highest BCUT2D eigenvalue weighted by Crippen LogP contribution is 2.39. The molecule has 9 nitrogen and oxygen atoms in total. The van der Waals surface area contributed by atoms with Crippen LogP contribution < -0.4 is 15.5 Å². The molecule has 8 heterocycles. The second-order valence-corrected chi connectivity index (χ2v) is 12.1. The SMILES string of the molecule is CC1(CN2C3CC2CN(c2cnc(-c4cc(C5=CCOCC5)cn5ncc(C#N)c45)cn2)C3)C=c2cc[nH]c2=CC1. The van der Waals surface area contributed by atoms with Gasteiger partial charge in [-0.25, -0.2) is 9.50 Å². The van der Waals surface area contributed by atoms with Gasteiger partial charge >= 0.3 is 0 Å². The quantitative estimate of drug-likeness (QED) is 0.413. The number of hydrogen-bond acceptors (Lipinski definition) is 7. The Bertz CT molecular complexity index is 1830. The maximum absolute atomic E-state index is 9.75. The first-order valence-electron chi connectivity index (χ1n) is 14.5. The van der Waals surface area contributed by atoms with Gasteiger partial charge in [-0.15, -0.1) is 0 Å². The number of fused-ring (bicyclic) bond motifs is 4. The van der Waals surface area contributed by atoms with E-state index in [1.165, 1.54) is 22.6 Å². The molecule has 0 saturated carbocycles. The lowest BCUT2D eigenvalue weighted by atomic mass is 9.78. The van der Waals surface area contributed by atoms with Gasteiger partial charge < -0.3 is 14.6 Å². The normalized spacial score (nSPS) is 25.5. The third kappa shape index (κ3) is 4.17. The number of nitrogens with zero attached hydrogens (tertiary/aromatic N) is 7. The van der Waals surface area contributed by atoms with Crippen molar-refractivity contribution in [1.82, 2.24) is 29.5 Å². The maximum atomic E-state index is 9.75. The van der Waals surface area contributed by atoms with Crippen LogP contribution in [0, 0.1) is 16.7 Å². The van der Waals surface area contributed by atoms with Crippen molar-refractivity contribution in [2.75, 3.05) is 37.7 Å². The van der Waals surface area contributed by atoms with Gasteiger partial charge in [0.15, 0.2) is 0 Å². The second kappa shape index (κ2) is 9.40. The summed E-state index contributed by atoms with van der Waals surface area (Å²) in [6.07, 6.45) is 19.5. The van der Waals surface area contributed by atoms with E-state index in [0.717, 1.165) is 60.6 Å². The fraction of sp³-hybridized carbons (Fsp3) is 0.375. The number of pyridine rings is 1. The number of piperazine rings is 1. The van der Waals surface area contributed by atoms with E-state index in [4.69, 9.17) is 14.7 Å². The molecule has 3 fully saturated rings. The van der Waals surface area contributed by atoms with Crippen LogP contribution in [0.4, 0.5) is 5.82 Å². The van der Waals surface area contributed by atoms with Crippen molar-refractivity contribution in [3.05, 3.63) is 70.9 Å². The monoisotopic (exact) mass is 544 g/mol. The highest BCUT2D eigenvalue weighted by atomic mass is 16.5. The number of ether oxygens (including phenoxy) is 1. The molecule has 1 N–H and O–H groups in total. The molecular formula is C32H32N8O. The van der Waals surface area contributed by atoms with E-state index in [9.17, 15) is 5.26 Å². The van der Waals surface area contributed by atoms with Gasteiger partial charge in [-0.2, -0.15) is 10.4 Å². The van der Waals surface area contributed by atoms with Crippen molar-refractivity contribution < 1.29 is 4.74 Å². The van der Waals surface area contributed by atoms with Gasteiger partial charge in [0.2, 0.25) is 0 Å². The van der Waals surface area contributed by atoms with E-state index in [1.54, 1.807) is 10.7 Å². The Morgan fingerprint density at radius 3 is 2.85 bits per heavy atom. The number of anilines is 1. The van der Waals surface area contributed by atoms with Gasteiger partial charge in [0.1, 0.15) is 11.9 Å². The summed E-state index contributed by atoms with van der Waals surface area (Å²) in [5.74, 6) is 0.914. The van der Waals surface area contributed by atoms with Crippen molar-refractivity contribution in [2.45, 2.75) is 38.3 Å². The van der Waals surface area contributed by atoms with Gasteiger partial charge in [0.25, 0.3) is 0 Å². The molecule has 0 aromatic carbocycles. The number of aromatic amines is 1. The average molecular weight is 545 g/mol. The van der Waals surface area contributed by atoms with Crippen molar-refractivity contribution in [1.29, 1.82) is 5.26 Å². The molecule has 0 amide bonds. The van der Waals surface area contributed by atoms with Crippen LogP contribution in [0.1, 0.15) is 37.3 Å². The fourth-order valence-electron chi connectivity index (χ4n) is 7.11. The second-order valence-electron chi connectivity index (χ2n) is 12.1. The van der Waals surface area contributed by atoms with Crippen molar-refractivity contribution in [3.8, 4) is 17.3 Å². The summed E-state index contributed by atoms with van der Waals surface area (Å²) in [6, 6.07) is 7.67. The lowest BCUT2D eigenvalue weighted by Gasteiger charge is -2.58. The summed E-state index contributed by atoms with van der Waals surface area (Å²) in [5, 5.41) is 16.8. The van der Waals surface area contributed by atoms with Gasteiger partial charge in [0.05, 0.1) is 48.6 Å². The molecule has 3 saturated heterocycles. The third-order valence-electron chi connectivity index (χ3n) is 9.28. The van der Waals surface area contributed by atoms with Crippen LogP contribution in [-0.4, -0.2) is 74.4 Å². The van der Waals surface area contributed by atoms with Crippen LogP contribution in [0.25, 0.3) is 34.5 Å². The number of nitriles is 1. The molecule has 4 aromatic rings. The number of nitrogens with one attached hydrogen (secondary N) is 1. The highest BCUT2D eigenvalue weighted by Gasteiger charge is 2.47. The summed E-state index contributed by atoms with van der Waals surface area (Å²) in [5.41, 5.74) is 5.36. The minimum absolute atomic E-state index is 0.159. The van der Waals surface area contributed by atoms with Crippen LogP contribution in [0.15, 0.2) is 49.2 Å². The number of piperidine rings is 1. The first-order chi connectivity index (χ1) is 20.1. The Hall–Kier alpha value is -4.26. The zero-order valence-electron chi connectivity index (χ0n) is 23.1. The van der Waals surface area contributed by atoms with E-state index in [2.05, 4.69) is 63.2 Å². The Kier molecular flexibility index (Phi) is 5.62. The Balaban J connectivity index is 1.03. The van der Waals surface area contributed by atoms with E-state index < -0.39 is 0 Å². The molecule has 5 aliphatic rings. The molecule has 9 rings (SSSR count). The lowest BCUT2D eigenvalue weighted by Crippen LogP contribution is -2.70. The molecular weight excluding hydrogens is 512 g/mol. The fourth-order valence-corrected chi connectivity index (χ4v) is 7.11. The molecule has 4 aromatic heterocycles. The first kappa shape index (κ1) is 24.5. The van der Waals surface area contributed by atoms with E-state index in [-0.39, 0.29) is 5.41 Å². The molecule has 206 valence electrons.